The van der Waals surface area contributed by atoms with Crippen molar-refractivity contribution in [1.29, 1.82) is 0 Å². The topological polar surface area (TPSA) is 70.0 Å². The third kappa shape index (κ3) is 3.63. The van der Waals surface area contributed by atoms with Crippen LogP contribution in [0.15, 0.2) is 24.3 Å². The van der Waals surface area contributed by atoms with E-state index < -0.39 is 23.8 Å². The molecule has 0 aromatic heterocycles. The molecule has 0 fully saturated rings. The van der Waals surface area contributed by atoms with Crippen LogP contribution >= 0.6 is 0 Å². The Bertz CT molecular complexity index is 450. The zero-order valence-corrected chi connectivity index (χ0v) is 12.6. The molecular formula is C15H23NO4. The first kappa shape index (κ1) is 16.3. The van der Waals surface area contributed by atoms with E-state index in [4.69, 9.17) is 4.74 Å². The van der Waals surface area contributed by atoms with Crippen molar-refractivity contribution < 1.29 is 19.7 Å². The van der Waals surface area contributed by atoms with Crippen LogP contribution in [0.2, 0.25) is 0 Å². The predicted octanol–water partition coefficient (Wildman–Crippen LogP) is 2.90. The van der Waals surface area contributed by atoms with Gasteiger partial charge in [0.05, 0.1) is 19.3 Å². The summed E-state index contributed by atoms with van der Waals surface area (Å²) in [6.07, 6.45) is -1.94. The molecule has 0 spiro atoms. The molecule has 112 valence electrons. The number of aliphatic hydroxyl groups excluding tert-OH is 1. The Morgan fingerprint density at radius 1 is 1.25 bits per heavy atom. The van der Waals surface area contributed by atoms with Crippen molar-refractivity contribution in [2.45, 2.75) is 45.4 Å². The quantitative estimate of drug-likeness (QED) is 0.890. The Labute approximate surface area is 119 Å². The number of aliphatic hydroxyl groups is 1. The van der Waals surface area contributed by atoms with Crippen molar-refractivity contribution in [1.82, 2.24) is 4.90 Å². The summed E-state index contributed by atoms with van der Waals surface area (Å²) < 4.78 is 5.06. The van der Waals surface area contributed by atoms with Crippen molar-refractivity contribution in [3.05, 3.63) is 29.8 Å². The lowest BCUT2D eigenvalue weighted by molar-refractivity contribution is 0.0141. The van der Waals surface area contributed by atoms with Crippen LogP contribution in [0.1, 0.15) is 39.4 Å². The lowest BCUT2D eigenvalue weighted by atomic mass is 9.97. The van der Waals surface area contributed by atoms with Gasteiger partial charge in [-0.3, -0.25) is 4.90 Å². The van der Waals surface area contributed by atoms with E-state index in [2.05, 4.69) is 0 Å². The van der Waals surface area contributed by atoms with Gasteiger partial charge in [-0.25, -0.2) is 4.79 Å². The van der Waals surface area contributed by atoms with Crippen LogP contribution in [0.3, 0.4) is 0 Å². The molecule has 1 aromatic carbocycles. The number of methoxy groups -OCH3 is 1. The number of carbonyl (C=O) groups is 1. The van der Waals surface area contributed by atoms with Crippen molar-refractivity contribution in [2.24, 2.45) is 0 Å². The van der Waals surface area contributed by atoms with Gasteiger partial charge in [-0.05, 0) is 45.4 Å². The van der Waals surface area contributed by atoms with E-state index in [1.807, 2.05) is 0 Å². The highest BCUT2D eigenvalue weighted by molar-refractivity contribution is 5.66. The molecule has 5 heteroatoms. The highest BCUT2D eigenvalue weighted by Gasteiger charge is 2.34. The van der Waals surface area contributed by atoms with Crippen molar-refractivity contribution in [3.63, 3.8) is 0 Å². The van der Waals surface area contributed by atoms with Crippen molar-refractivity contribution in [2.75, 3.05) is 7.11 Å². The lowest BCUT2D eigenvalue weighted by Gasteiger charge is -2.40. The van der Waals surface area contributed by atoms with E-state index in [0.717, 1.165) is 0 Å². The molecule has 2 atom stereocenters. The summed E-state index contributed by atoms with van der Waals surface area (Å²) in [7, 11) is 1.57. The summed E-state index contributed by atoms with van der Waals surface area (Å²) in [5.74, 6) is 0.694. The average Bonchev–Trinajstić information content (AvgIpc) is 2.35. The maximum Gasteiger partial charge on any atom is 0.408 e. The zero-order chi connectivity index (χ0) is 15.5. The third-order valence-electron chi connectivity index (χ3n) is 3.25. The van der Waals surface area contributed by atoms with Crippen LogP contribution in [-0.2, 0) is 0 Å². The number of benzene rings is 1. The first-order chi connectivity index (χ1) is 9.18. The standard InChI is InChI=1S/C15H23NO4/c1-10(16(14(18)19)15(2,3)4)13(17)11-6-8-12(20-5)9-7-11/h6-10,13,17H,1-5H3,(H,18,19)/t10-,13-/m0/s1. The molecule has 0 aliphatic rings. The van der Waals surface area contributed by atoms with Gasteiger partial charge in [-0.15, -0.1) is 0 Å². The number of carboxylic acid groups (broad SMARTS) is 1. The van der Waals surface area contributed by atoms with E-state index in [-0.39, 0.29) is 0 Å². The summed E-state index contributed by atoms with van der Waals surface area (Å²) >= 11 is 0. The fourth-order valence-electron chi connectivity index (χ4n) is 2.29. The van der Waals surface area contributed by atoms with Crippen LogP contribution in [0.4, 0.5) is 4.79 Å². The fraction of sp³-hybridized carbons (Fsp3) is 0.533. The van der Waals surface area contributed by atoms with Crippen LogP contribution in [0.5, 0.6) is 5.75 Å². The molecule has 0 unspecified atom stereocenters. The van der Waals surface area contributed by atoms with Crippen molar-refractivity contribution >= 4 is 6.09 Å². The fourth-order valence-corrected chi connectivity index (χ4v) is 2.29. The maximum atomic E-state index is 11.4. The first-order valence-corrected chi connectivity index (χ1v) is 6.52. The molecule has 1 amide bonds. The molecule has 0 aliphatic heterocycles. The summed E-state index contributed by atoms with van der Waals surface area (Å²) in [6.45, 7) is 7.11. The normalized spacial score (nSPS) is 14.5. The number of ether oxygens (including phenoxy) is 1. The molecule has 0 saturated heterocycles. The highest BCUT2D eigenvalue weighted by Crippen LogP contribution is 2.27. The van der Waals surface area contributed by atoms with Gasteiger partial charge in [0, 0.05) is 5.54 Å². The van der Waals surface area contributed by atoms with Gasteiger partial charge in [0.25, 0.3) is 0 Å². The third-order valence-corrected chi connectivity index (χ3v) is 3.25. The van der Waals surface area contributed by atoms with Gasteiger partial charge in [0.2, 0.25) is 0 Å². The minimum absolute atomic E-state index is 0.555. The number of amides is 1. The Morgan fingerprint density at radius 3 is 2.10 bits per heavy atom. The van der Waals surface area contributed by atoms with Crippen LogP contribution in [-0.4, -0.2) is 39.9 Å². The van der Waals surface area contributed by atoms with Crippen LogP contribution < -0.4 is 4.74 Å². The molecule has 0 heterocycles. The molecule has 2 N–H and O–H groups in total. The van der Waals surface area contributed by atoms with Gasteiger partial charge < -0.3 is 14.9 Å². The Hall–Kier alpha value is -1.75. The molecule has 5 nitrogen and oxygen atoms in total. The number of hydrogen-bond donors (Lipinski definition) is 2. The molecular weight excluding hydrogens is 258 g/mol. The van der Waals surface area contributed by atoms with Crippen LogP contribution in [0, 0.1) is 0 Å². The first-order valence-electron chi connectivity index (χ1n) is 6.52. The second-order valence-corrected chi connectivity index (χ2v) is 5.78. The van der Waals surface area contributed by atoms with Gasteiger partial charge in [0.1, 0.15) is 5.75 Å². The average molecular weight is 281 g/mol. The minimum Gasteiger partial charge on any atom is -0.497 e. The number of hydrogen-bond acceptors (Lipinski definition) is 3. The van der Waals surface area contributed by atoms with Gasteiger partial charge in [0.15, 0.2) is 0 Å². The summed E-state index contributed by atoms with van der Waals surface area (Å²) in [5.41, 5.74) is 0.0763. The largest absolute Gasteiger partial charge is 0.497 e. The van der Waals surface area contributed by atoms with E-state index >= 15 is 0 Å². The number of nitrogens with zero attached hydrogens (tertiary/aromatic N) is 1. The summed E-state index contributed by atoms with van der Waals surface area (Å²) in [6, 6.07) is 6.41. The Kier molecular flexibility index (Phi) is 5.00. The molecule has 0 aliphatic carbocycles. The summed E-state index contributed by atoms with van der Waals surface area (Å²) in [4.78, 5) is 12.7. The predicted molar refractivity (Wildman–Crippen MR) is 77.0 cm³/mol. The Balaban J connectivity index is 2.98. The van der Waals surface area contributed by atoms with E-state index in [9.17, 15) is 15.0 Å². The Morgan fingerprint density at radius 2 is 1.75 bits per heavy atom. The molecule has 0 radical (unpaired) electrons. The molecule has 0 bridgehead atoms. The molecule has 1 aromatic rings. The SMILES string of the molecule is COc1ccc([C@@H](O)[C@H](C)N(C(=O)O)C(C)(C)C)cc1. The molecule has 1 rings (SSSR count). The van der Waals surface area contributed by atoms with E-state index in [1.165, 1.54) is 4.90 Å². The van der Waals surface area contributed by atoms with Gasteiger partial charge >= 0.3 is 6.09 Å². The van der Waals surface area contributed by atoms with Gasteiger partial charge in [-0.2, -0.15) is 0 Å². The van der Waals surface area contributed by atoms with E-state index in [1.54, 1.807) is 59.1 Å². The highest BCUT2D eigenvalue weighted by atomic mass is 16.5. The maximum absolute atomic E-state index is 11.4. The van der Waals surface area contributed by atoms with E-state index in [0.29, 0.717) is 11.3 Å². The molecule has 0 saturated carbocycles. The number of rotatable bonds is 4. The summed E-state index contributed by atoms with van der Waals surface area (Å²) in [5, 5.41) is 19.7. The smallest absolute Gasteiger partial charge is 0.408 e. The lowest BCUT2D eigenvalue weighted by Crippen LogP contribution is -2.52. The monoisotopic (exact) mass is 281 g/mol. The second-order valence-electron chi connectivity index (χ2n) is 5.78. The van der Waals surface area contributed by atoms with Gasteiger partial charge in [-0.1, -0.05) is 12.1 Å². The zero-order valence-electron chi connectivity index (χ0n) is 12.6. The van der Waals surface area contributed by atoms with Crippen LogP contribution in [0.25, 0.3) is 0 Å². The second kappa shape index (κ2) is 6.13. The molecule has 20 heavy (non-hydrogen) atoms. The van der Waals surface area contributed by atoms with Crippen molar-refractivity contribution in [3.8, 4) is 5.75 Å². The minimum atomic E-state index is -1.04.